The van der Waals surface area contributed by atoms with Crippen molar-refractivity contribution in [3.8, 4) is 6.07 Å². The number of carbonyl (C=O) groups excluding carboxylic acids is 1. The van der Waals surface area contributed by atoms with Crippen LogP contribution in [0.5, 0.6) is 0 Å². The largest absolute Gasteiger partial charge is 0.490 e. The van der Waals surface area contributed by atoms with Crippen molar-refractivity contribution in [2.75, 3.05) is 62.2 Å². The van der Waals surface area contributed by atoms with Crippen LogP contribution in [0.25, 0.3) is 10.9 Å². The van der Waals surface area contributed by atoms with Crippen LogP contribution in [0.4, 0.5) is 24.5 Å². The number of hydrogen-bond acceptors (Lipinski definition) is 8. The summed E-state index contributed by atoms with van der Waals surface area (Å²) in [6, 6.07) is 14.4. The molecule has 2 aliphatic rings. The molecule has 0 aliphatic carbocycles. The molecule has 2 aliphatic heterocycles. The minimum Gasteiger partial charge on any atom is -0.475 e. The summed E-state index contributed by atoms with van der Waals surface area (Å²) in [7, 11) is 0. The molecule has 0 spiro atoms. The molecule has 47 heavy (non-hydrogen) atoms. The Kier molecular flexibility index (Phi) is 9.95. The van der Waals surface area contributed by atoms with Gasteiger partial charge in [0.05, 0.1) is 34.8 Å². The number of aryl methyl sites for hydroxylation is 2. The zero-order chi connectivity index (χ0) is 33.7. The normalized spacial score (nSPS) is 15.6. The average Bonchev–Trinajstić information content (AvgIpc) is 3.55. The van der Waals surface area contributed by atoms with E-state index in [9.17, 15) is 23.2 Å². The fourth-order valence-electron chi connectivity index (χ4n) is 5.94. The average molecular weight is 649 g/mol. The number of piperazine rings is 2. The molecule has 1 amide bonds. The Labute approximate surface area is 269 Å². The fraction of sp³-hybridized carbons (Fsp3) is 0.364. The van der Waals surface area contributed by atoms with Crippen molar-refractivity contribution in [2.24, 2.45) is 0 Å². The maximum atomic E-state index is 13.7. The summed E-state index contributed by atoms with van der Waals surface area (Å²) in [6.07, 6.45) is 0.390. The number of nitrogens with zero attached hydrogens (tertiary/aromatic N) is 7. The van der Waals surface area contributed by atoms with Gasteiger partial charge in [0.25, 0.3) is 5.91 Å². The first-order valence-corrected chi connectivity index (χ1v) is 15.1. The van der Waals surface area contributed by atoms with Crippen LogP contribution >= 0.6 is 0 Å². The van der Waals surface area contributed by atoms with Gasteiger partial charge in [-0.3, -0.25) is 19.8 Å². The highest BCUT2D eigenvalue weighted by atomic mass is 19.4. The number of pyridine rings is 1. The van der Waals surface area contributed by atoms with Crippen LogP contribution in [0.3, 0.4) is 0 Å². The summed E-state index contributed by atoms with van der Waals surface area (Å²) in [6.45, 7) is 11.4. The number of aromatic nitrogens is 3. The Hall–Kier alpha value is -5.16. The number of carboxylic acid groups (broad SMARTS) is 1. The number of aromatic amines is 1. The molecule has 14 heteroatoms. The Morgan fingerprint density at radius 2 is 1.55 bits per heavy atom. The third-order valence-corrected chi connectivity index (χ3v) is 8.53. The first kappa shape index (κ1) is 33.2. The molecule has 0 saturated carbocycles. The molecule has 246 valence electrons. The van der Waals surface area contributed by atoms with Gasteiger partial charge in [-0.05, 0) is 48.7 Å². The van der Waals surface area contributed by atoms with E-state index in [4.69, 9.17) is 9.90 Å². The van der Waals surface area contributed by atoms with Crippen molar-refractivity contribution in [1.29, 1.82) is 5.26 Å². The molecule has 2 saturated heterocycles. The Bertz CT molecular complexity index is 1790. The number of halogens is 3. The molecule has 0 radical (unpaired) electrons. The lowest BCUT2D eigenvalue weighted by atomic mass is 9.98. The van der Waals surface area contributed by atoms with E-state index in [-0.39, 0.29) is 5.91 Å². The van der Waals surface area contributed by atoms with Crippen molar-refractivity contribution < 1.29 is 27.9 Å². The van der Waals surface area contributed by atoms with Gasteiger partial charge in [0, 0.05) is 76.0 Å². The summed E-state index contributed by atoms with van der Waals surface area (Å²) in [5.41, 5.74) is 8.01. The van der Waals surface area contributed by atoms with Gasteiger partial charge in [0.1, 0.15) is 6.07 Å². The lowest BCUT2D eigenvalue weighted by Gasteiger charge is -2.37. The smallest absolute Gasteiger partial charge is 0.475 e. The van der Waals surface area contributed by atoms with E-state index in [1.54, 1.807) is 6.20 Å². The predicted octanol–water partition coefficient (Wildman–Crippen LogP) is 4.36. The maximum Gasteiger partial charge on any atom is 0.490 e. The highest BCUT2D eigenvalue weighted by molar-refractivity contribution is 5.96. The summed E-state index contributed by atoms with van der Waals surface area (Å²) in [4.78, 5) is 35.9. The number of carboxylic acids is 1. The first-order chi connectivity index (χ1) is 22.5. The molecule has 2 fully saturated rings. The van der Waals surface area contributed by atoms with E-state index in [1.165, 1.54) is 11.1 Å². The van der Waals surface area contributed by atoms with Crippen molar-refractivity contribution in [3.05, 3.63) is 82.8 Å². The van der Waals surface area contributed by atoms with Crippen LogP contribution in [0.15, 0.2) is 55.0 Å². The fourth-order valence-corrected chi connectivity index (χ4v) is 5.94. The number of carbonyl (C=O) groups is 2. The van der Waals surface area contributed by atoms with Gasteiger partial charge in [-0.1, -0.05) is 18.2 Å². The Morgan fingerprint density at radius 3 is 2.21 bits per heavy atom. The second kappa shape index (κ2) is 14.1. The minimum absolute atomic E-state index is 0.106. The lowest BCUT2D eigenvalue weighted by molar-refractivity contribution is -0.192. The molecule has 4 heterocycles. The van der Waals surface area contributed by atoms with Gasteiger partial charge >= 0.3 is 12.1 Å². The number of amides is 1. The van der Waals surface area contributed by atoms with Crippen LogP contribution in [-0.2, 0) is 11.3 Å². The number of nitriles is 1. The molecular formula is C33H35F3N8O3. The number of aliphatic carboxylic acids is 1. The van der Waals surface area contributed by atoms with Crippen LogP contribution < -0.4 is 9.80 Å². The molecular weight excluding hydrogens is 613 g/mol. The SMILES string of the molecule is Cc1cc(C)c(C(=O)N2CCN(c3cncc4cn[nH]c34)CC2)cc1CN1CCN(c2ccccc2C#N)CC1.O=C(O)C(F)(F)F. The number of nitrogens with one attached hydrogen (secondary N) is 1. The highest BCUT2D eigenvalue weighted by Crippen LogP contribution is 2.27. The van der Waals surface area contributed by atoms with E-state index in [1.807, 2.05) is 48.5 Å². The standard InChI is InChI=1S/C31H34N8O.C2HF3O2/c1-22-15-23(2)27(16-25(22)21-36-7-9-37(10-8-36)28-6-4-3-5-24(28)17-32)31(40)39-13-11-38(12-14-39)29-20-33-18-26-19-34-35-30(26)29;3-2(4,5)1(6)7/h3-6,15-16,18-20H,7-14,21H2,1-2H3,(H,34,35);(H,6,7). The van der Waals surface area contributed by atoms with E-state index in [2.05, 4.69) is 55.0 Å². The van der Waals surface area contributed by atoms with Crippen molar-refractivity contribution >= 4 is 34.2 Å². The minimum atomic E-state index is -5.08. The van der Waals surface area contributed by atoms with Crippen LogP contribution in [0.1, 0.15) is 32.6 Å². The van der Waals surface area contributed by atoms with Crippen LogP contribution in [0, 0.1) is 25.2 Å². The predicted molar refractivity (Wildman–Crippen MR) is 170 cm³/mol. The molecule has 0 bridgehead atoms. The Balaban J connectivity index is 0.000000559. The molecule has 4 aromatic rings. The van der Waals surface area contributed by atoms with Crippen LogP contribution in [0.2, 0.25) is 0 Å². The number of rotatable bonds is 5. The molecule has 11 nitrogen and oxygen atoms in total. The Morgan fingerprint density at radius 1 is 0.915 bits per heavy atom. The third-order valence-electron chi connectivity index (χ3n) is 8.53. The molecule has 0 unspecified atom stereocenters. The number of hydrogen-bond donors (Lipinski definition) is 2. The maximum absolute atomic E-state index is 13.7. The lowest BCUT2D eigenvalue weighted by Crippen LogP contribution is -2.49. The summed E-state index contributed by atoms with van der Waals surface area (Å²) >= 11 is 0. The third kappa shape index (κ3) is 7.63. The molecule has 2 aromatic heterocycles. The van der Waals surface area contributed by atoms with Crippen LogP contribution in [-0.4, -0.2) is 100 Å². The molecule has 0 atom stereocenters. The number of para-hydroxylation sites is 1. The van der Waals surface area contributed by atoms with Gasteiger partial charge in [-0.25, -0.2) is 4.79 Å². The van der Waals surface area contributed by atoms with E-state index in [0.29, 0.717) is 13.1 Å². The molecule has 2 aromatic carbocycles. The quantitative estimate of drug-likeness (QED) is 0.324. The van der Waals surface area contributed by atoms with E-state index >= 15 is 0 Å². The monoisotopic (exact) mass is 648 g/mol. The number of H-pyrrole nitrogens is 1. The summed E-state index contributed by atoms with van der Waals surface area (Å²) < 4.78 is 31.7. The van der Waals surface area contributed by atoms with Crippen molar-refractivity contribution in [1.82, 2.24) is 25.0 Å². The highest BCUT2D eigenvalue weighted by Gasteiger charge is 2.38. The summed E-state index contributed by atoms with van der Waals surface area (Å²) in [5.74, 6) is -2.65. The number of alkyl halides is 3. The second-order valence-electron chi connectivity index (χ2n) is 11.6. The van der Waals surface area contributed by atoms with Gasteiger partial charge in [0.2, 0.25) is 0 Å². The molecule has 2 N–H and O–H groups in total. The first-order valence-electron chi connectivity index (χ1n) is 15.1. The number of anilines is 2. The molecule has 6 rings (SSSR count). The summed E-state index contributed by atoms with van der Waals surface area (Å²) in [5, 5.41) is 24.8. The zero-order valence-corrected chi connectivity index (χ0v) is 26.1. The van der Waals surface area contributed by atoms with Crippen molar-refractivity contribution in [3.63, 3.8) is 0 Å². The van der Waals surface area contributed by atoms with Gasteiger partial charge < -0.3 is 19.8 Å². The van der Waals surface area contributed by atoms with Gasteiger partial charge in [-0.15, -0.1) is 0 Å². The van der Waals surface area contributed by atoms with E-state index in [0.717, 1.165) is 84.8 Å². The second-order valence-corrected chi connectivity index (χ2v) is 11.6. The van der Waals surface area contributed by atoms with Crippen molar-refractivity contribution in [2.45, 2.75) is 26.6 Å². The van der Waals surface area contributed by atoms with Gasteiger partial charge in [-0.2, -0.15) is 23.5 Å². The van der Waals surface area contributed by atoms with Gasteiger partial charge in [0.15, 0.2) is 0 Å². The number of fused-ring (bicyclic) bond motifs is 1. The van der Waals surface area contributed by atoms with E-state index < -0.39 is 12.1 Å². The number of benzene rings is 2. The zero-order valence-electron chi connectivity index (χ0n) is 26.1. The topological polar surface area (TPSA) is 133 Å².